The van der Waals surface area contributed by atoms with Gasteiger partial charge in [-0.15, -0.1) is 0 Å². The van der Waals surface area contributed by atoms with Crippen molar-refractivity contribution in [3.63, 3.8) is 0 Å². The highest BCUT2D eigenvalue weighted by Crippen LogP contribution is 2.18. The molecule has 0 atom stereocenters. The Kier molecular flexibility index (Phi) is 5.41. The van der Waals surface area contributed by atoms with Crippen molar-refractivity contribution in [3.05, 3.63) is 54.0 Å². The molecule has 3 aromatic rings. The molecule has 9 nitrogen and oxygen atoms in total. The lowest BCUT2D eigenvalue weighted by molar-refractivity contribution is -0.116. The topological polar surface area (TPSA) is 127 Å². The zero-order valence-corrected chi connectivity index (χ0v) is 14.4. The van der Waals surface area contributed by atoms with Crippen molar-refractivity contribution in [1.29, 1.82) is 0 Å². The van der Waals surface area contributed by atoms with E-state index in [1.165, 1.54) is 19.4 Å². The fourth-order valence-corrected chi connectivity index (χ4v) is 2.29. The normalized spacial score (nSPS) is 10.4. The number of esters is 1. The molecule has 0 saturated heterocycles. The molecule has 3 rings (SSSR count). The summed E-state index contributed by atoms with van der Waals surface area (Å²) in [6.07, 6.45) is 1.58. The first-order chi connectivity index (χ1) is 13.1. The Morgan fingerprint density at radius 1 is 1.22 bits per heavy atom. The van der Waals surface area contributed by atoms with Crippen molar-refractivity contribution in [2.24, 2.45) is 0 Å². The molecule has 2 aromatic heterocycles. The van der Waals surface area contributed by atoms with E-state index in [-0.39, 0.29) is 41.8 Å². The summed E-state index contributed by atoms with van der Waals surface area (Å²) >= 11 is 0. The number of hydrogen-bond donors (Lipinski definition) is 2. The highest BCUT2D eigenvalue weighted by Gasteiger charge is 2.15. The molecule has 0 radical (unpaired) electrons. The Hall–Kier alpha value is -3.75. The van der Waals surface area contributed by atoms with Crippen LogP contribution in [0.4, 0.5) is 5.69 Å². The number of carbonyl (C=O) groups excluding carboxylic acids is 2. The molecule has 0 spiro atoms. The fraction of sp³-hybridized carbons (Fsp3) is 0.167. The maximum Gasteiger partial charge on any atom is 0.339 e. The lowest BCUT2D eigenvalue weighted by Gasteiger charge is -2.08. The predicted molar refractivity (Wildman–Crippen MR) is 93.9 cm³/mol. The first-order valence-electron chi connectivity index (χ1n) is 8.02. The van der Waals surface area contributed by atoms with Crippen LogP contribution < -0.4 is 5.32 Å². The van der Waals surface area contributed by atoms with Gasteiger partial charge in [-0.25, -0.2) is 9.78 Å². The van der Waals surface area contributed by atoms with Gasteiger partial charge in [0.15, 0.2) is 0 Å². The number of aryl methyl sites for hydroxylation is 1. The Labute approximate surface area is 154 Å². The van der Waals surface area contributed by atoms with Crippen molar-refractivity contribution in [1.82, 2.24) is 15.1 Å². The number of nitrogens with one attached hydrogen (secondary N) is 1. The van der Waals surface area contributed by atoms with Gasteiger partial charge >= 0.3 is 5.97 Å². The first kappa shape index (κ1) is 18.1. The molecule has 1 amide bonds. The maximum atomic E-state index is 12.2. The van der Waals surface area contributed by atoms with E-state index in [1.807, 2.05) is 0 Å². The summed E-state index contributed by atoms with van der Waals surface area (Å²) in [6.45, 7) is 0. The Balaban J connectivity index is 1.60. The van der Waals surface area contributed by atoms with Crippen molar-refractivity contribution in [2.75, 3.05) is 12.4 Å². The van der Waals surface area contributed by atoms with Gasteiger partial charge in [-0.2, -0.15) is 4.98 Å². The van der Waals surface area contributed by atoms with Crippen LogP contribution in [-0.2, 0) is 16.0 Å². The number of anilines is 1. The first-order valence-corrected chi connectivity index (χ1v) is 8.02. The van der Waals surface area contributed by atoms with Crippen molar-refractivity contribution in [2.45, 2.75) is 12.8 Å². The van der Waals surface area contributed by atoms with Gasteiger partial charge in [0.25, 0.3) is 0 Å². The van der Waals surface area contributed by atoms with Gasteiger partial charge in [0, 0.05) is 12.8 Å². The van der Waals surface area contributed by atoms with Gasteiger partial charge in [0.1, 0.15) is 11.4 Å². The minimum Gasteiger partial charge on any atom is -0.506 e. The molecule has 0 aliphatic rings. The number of amides is 1. The summed E-state index contributed by atoms with van der Waals surface area (Å²) < 4.78 is 9.81. The standard InChI is InChI=1S/C18H16N4O5/c1-26-18(25)12-4-2-3-5-13(12)20-15(24)8-9-16-21-17(22-27-16)14-7-6-11(23)10-19-14/h2-7,10,23H,8-9H2,1H3,(H,20,24). The van der Waals surface area contributed by atoms with Crippen LogP contribution in [0.15, 0.2) is 47.1 Å². The zero-order chi connectivity index (χ0) is 19.2. The van der Waals surface area contributed by atoms with E-state index in [2.05, 4.69) is 20.4 Å². The van der Waals surface area contributed by atoms with Gasteiger partial charge in [0.2, 0.25) is 17.6 Å². The number of aromatic nitrogens is 3. The smallest absolute Gasteiger partial charge is 0.339 e. The number of ether oxygens (including phenoxy) is 1. The number of carbonyl (C=O) groups is 2. The summed E-state index contributed by atoms with van der Waals surface area (Å²) in [5.41, 5.74) is 1.08. The van der Waals surface area contributed by atoms with Gasteiger partial charge < -0.3 is 19.7 Å². The molecule has 0 bridgehead atoms. The van der Waals surface area contributed by atoms with Crippen molar-refractivity contribution < 1.29 is 24.0 Å². The Morgan fingerprint density at radius 3 is 2.78 bits per heavy atom. The van der Waals surface area contributed by atoms with Gasteiger partial charge in [-0.05, 0) is 24.3 Å². The van der Waals surface area contributed by atoms with Crippen LogP contribution in [0.1, 0.15) is 22.7 Å². The lowest BCUT2D eigenvalue weighted by atomic mass is 10.1. The van der Waals surface area contributed by atoms with Gasteiger partial charge in [-0.1, -0.05) is 17.3 Å². The SMILES string of the molecule is COC(=O)c1ccccc1NC(=O)CCc1nc(-c2ccc(O)cn2)no1. The third kappa shape index (κ3) is 4.46. The summed E-state index contributed by atoms with van der Waals surface area (Å²) in [5, 5.41) is 15.7. The summed E-state index contributed by atoms with van der Waals surface area (Å²) in [6, 6.07) is 9.59. The van der Waals surface area contributed by atoms with Crippen LogP contribution in [0.5, 0.6) is 5.75 Å². The van der Waals surface area contributed by atoms with E-state index < -0.39 is 5.97 Å². The molecule has 0 aliphatic heterocycles. The third-order valence-corrected chi connectivity index (χ3v) is 3.62. The number of pyridine rings is 1. The van der Waals surface area contributed by atoms with Crippen LogP contribution in [0.25, 0.3) is 11.5 Å². The van der Waals surface area contributed by atoms with Crippen molar-refractivity contribution >= 4 is 17.6 Å². The number of para-hydroxylation sites is 1. The second-order valence-corrected chi connectivity index (χ2v) is 5.50. The van der Waals surface area contributed by atoms with E-state index in [9.17, 15) is 14.7 Å². The van der Waals surface area contributed by atoms with Crippen LogP contribution in [-0.4, -0.2) is 39.2 Å². The maximum absolute atomic E-state index is 12.2. The summed E-state index contributed by atoms with van der Waals surface area (Å²) in [7, 11) is 1.27. The molecule has 1 aromatic carbocycles. The van der Waals surface area contributed by atoms with Crippen LogP contribution in [0.3, 0.4) is 0 Å². The average Bonchev–Trinajstić information content (AvgIpc) is 3.16. The van der Waals surface area contributed by atoms with E-state index in [4.69, 9.17) is 9.26 Å². The number of benzene rings is 1. The van der Waals surface area contributed by atoms with E-state index >= 15 is 0 Å². The predicted octanol–water partition coefficient (Wildman–Crippen LogP) is 2.20. The minimum absolute atomic E-state index is 0.0337. The number of rotatable bonds is 6. The van der Waals surface area contributed by atoms with Crippen LogP contribution in [0, 0.1) is 0 Å². The van der Waals surface area contributed by atoms with Crippen LogP contribution in [0.2, 0.25) is 0 Å². The monoisotopic (exact) mass is 368 g/mol. The molecule has 27 heavy (non-hydrogen) atoms. The van der Waals surface area contributed by atoms with E-state index in [0.29, 0.717) is 11.4 Å². The molecule has 9 heteroatoms. The number of methoxy groups -OCH3 is 1. The second kappa shape index (κ2) is 8.09. The molecule has 0 saturated carbocycles. The number of nitrogens with zero attached hydrogens (tertiary/aromatic N) is 3. The minimum atomic E-state index is -0.533. The van der Waals surface area contributed by atoms with Gasteiger partial charge in [0.05, 0.1) is 24.6 Å². The fourth-order valence-electron chi connectivity index (χ4n) is 2.29. The highest BCUT2D eigenvalue weighted by atomic mass is 16.5. The molecule has 0 fully saturated rings. The quantitative estimate of drug-likeness (QED) is 0.634. The number of aromatic hydroxyl groups is 1. The molecular formula is C18H16N4O5. The average molecular weight is 368 g/mol. The molecule has 2 heterocycles. The molecule has 2 N–H and O–H groups in total. The van der Waals surface area contributed by atoms with Gasteiger partial charge in [-0.3, -0.25) is 4.79 Å². The molecule has 0 unspecified atom stereocenters. The highest BCUT2D eigenvalue weighted by molar-refractivity contribution is 6.01. The lowest BCUT2D eigenvalue weighted by Crippen LogP contribution is -2.15. The largest absolute Gasteiger partial charge is 0.506 e. The zero-order valence-electron chi connectivity index (χ0n) is 14.4. The molecule has 138 valence electrons. The van der Waals surface area contributed by atoms with Crippen LogP contribution >= 0.6 is 0 Å². The van der Waals surface area contributed by atoms with E-state index in [1.54, 1.807) is 30.3 Å². The Bertz CT molecular complexity index is 952. The molecule has 0 aliphatic carbocycles. The third-order valence-electron chi connectivity index (χ3n) is 3.62. The summed E-state index contributed by atoms with van der Waals surface area (Å²) in [5.74, 6) is -0.271. The number of hydrogen-bond acceptors (Lipinski definition) is 8. The Morgan fingerprint density at radius 2 is 2.04 bits per heavy atom. The van der Waals surface area contributed by atoms with E-state index in [0.717, 1.165) is 0 Å². The molecular weight excluding hydrogens is 352 g/mol. The summed E-state index contributed by atoms with van der Waals surface area (Å²) in [4.78, 5) is 32.1. The van der Waals surface area contributed by atoms with Crippen molar-refractivity contribution in [3.8, 4) is 17.3 Å². The second-order valence-electron chi connectivity index (χ2n) is 5.50.